The van der Waals surface area contributed by atoms with Gasteiger partial charge in [-0.1, -0.05) is 122 Å². The summed E-state index contributed by atoms with van der Waals surface area (Å²) in [7, 11) is 0.473. The molecule has 0 amide bonds. The molecule has 2 unspecified atom stereocenters. The summed E-state index contributed by atoms with van der Waals surface area (Å²) in [6.45, 7) is 2.31. The second-order valence-corrected chi connectivity index (χ2v) is 13.0. The minimum Gasteiger partial charge on any atom is -0.100 e. The lowest BCUT2D eigenvalue weighted by atomic mass is 10.0. The summed E-state index contributed by atoms with van der Waals surface area (Å²) in [5.41, 5.74) is 2.42. The van der Waals surface area contributed by atoms with E-state index in [0.29, 0.717) is 7.92 Å². The average Bonchev–Trinajstić information content (AvgIpc) is 2.93. The molecule has 2 fully saturated rings. The van der Waals surface area contributed by atoms with Crippen molar-refractivity contribution in [2.75, 3.05) is 6.16 Å². The molecule has 0 spiro atoms. The molecule has 2 saturated heterocycles. The van der Waals surface area contributed by atoms with E-state index >= 15 is 0 Å². The molecule has 2 bridgehead atoms. The fraction of sp³-hybridized carbons (Fsp3) is 1.00. The molecule has 28 heavy (non-hydrogen) atoms. The maximum absolute atomic E-state index is 2.31. The van der Waals surface area contributed by atoms with Crippen LogP contribution in [0, 0.1) is 0 Å². The van der Waals surface area contributed by atoms with Crippen LogP contribution in [0.1, 0.15) is 155 Å². The number of fused-ring (bicyclic) bond motifs is 2. The van der Waals surface area contributed by atoms with Crippen molar-refractivity contribution >= 4 is 7.92 Å². The average molecular weight is 409 g/mol. The predicted octanol–water partition coefficient (Wildman–Crippen LogP) is 10.2. The number of unbranched alkanes of at least 4 members (excludes halogenated alkanes) is 17. The van der Waals surface area contributed by atoms with Gasteiger partial charge >= 0.3 is 0 Å². The summed E-state index contributed by atoms with van der Waals surface area (Å²) in [6.07, 6.45) is 36.5. The third kappa shape index (κ3) is 11.0. The Balaban J connectivity index is 1.23. The van der Waals surface area contributed by atoms with E-state index in [0.717, 1.165) is 0 Å². The van der Waals surface area contributed by atoms with E-state index in [1.165, 1.54) is 120 Å². The Morgan fingerprint density at radius 2 is 0.821 bits per heavy atom. The number of rotatable bonds is 19. The van der Waals surface area contributed by atoms with Gasteiger partial charge in [0.1, 0.15) is 0 Å². The second kappa shape index (κ2) is 17.1. The van der Waals surface area contributed by atoms with E-state index in [1.807, 2.05) is 0 Å². The molecule has 0 radical (unpaired) electrons. The second-order valence-electron chi connectivity index (χ2n) is 10.1. The first-order valence-electron chi connectivity index (χ1n) is 13.7. The van der Waals surface area contributed by atoms with E-state index in [9.17, 15) is 0 Å². The van der Waals surface area contributed by atoms with Crippen LogP contribution in [-0.2, 0) is 0 Å². The van der Waals surface area contributed by atoms with Gasteiger partial charge in [0.2, 0.25) is 0 Å². The molecule has 0 N–H and O–H groups in total. The van der Waals surface area contributed by atoms with Crippen LogP contribution in [0.15, 0.2) is 0 Å². The van der Waals surface area contributed by atoms with Crippen molar-refractivity contribution < 1.29 is 0 Å². The normalized spacial score (nSPS) is 24.1. The zero-order valence-corrected chi connectivity index (χ0v) is 20.5. The molecule has 0 saturated carbocycles. The first-order valence-corrected chi connectivity index (χ1v) is 15.3. The maximum atomic E-state index is 2.31. The summed E-state index contributed by atoms with van der Waals surface area (Å²) in [5, 5.41) is 0. The Morgan fingerprint density at radius 3 is 1.21 bits per heavy atom. The zero-order chi connectivity index (χ0) is 19.7. The summed E-state index contributed by atoms with van der Waals surface area (Å²) in [6, 6.07) is 0. The Hall–Kier alpha value is 0.430. The molecule has 0 aromatic carbocycles. The molecule has 2 atom stereocenters. The standard InChI is InChI=1S/C27H53P/c1-2-3-4-5-6-7-8-9-10-11-12-13-14-15-16-17-18-19-25-28-26-21-20-22-27(28)24-23-26/h26-27H,2-25H2,1H3. The molecular formula is C27H53P. The molecule has 2 aliphatic rings. The van der Waals surface area contributed by atoms with Gasteiger partial charge in [0.25, 0.3) is 0 Å². The van der Waals surface area contributed by atoms with E-state index in [2.05, 4.69) is 6.92 Å². The highest BCUT2D eigenvalue weighted by molar-refractivity contribution is 7.59. The summed E-state index contributed by atoms with van der Waals surface area (Å²) < 4.78 is 0. The Labute approximate surface area is 180 Å². The summed E-state index contributed by atoms with van der Waals surface area (Å²) >= 11 is 0. The third-order valence-electron chi connectivity index (χ3n) is 7.62. The lowest BCUT2D eigenvalue weighted by Crippen LogP contribution is -2.13. The van der Waals surface area contributed by atoms with Gasteiger partial charge in [-0.3, -0.25) is 0 Å². The number of hydrogen-bond donors (Lipinski definition) is 0. The smallest absolute Gasteiger partial charge is 0.0206 e. The van der Waals surface area contributed by atoms with E-state index in [-0.39, 0.29) is 0 Å². The van der Waals surface area contributed by atoms with Crippen LogP contribution >= 0.6 is 7.92 Å². The molecule has 0 aromatic rings. The van der Waals surface area contributed by atoms with Gasteiger partial charge in [0.05, 0.1) is 0 Å². The van der Waals surface area contributed by atoms with Crippen molar-refractivity contribution in [1.29, 1.82) is 0 Å². The molecule has 166 valence electrons. The van der Waals surface area contributed by atoms with Crippen molar-refractivity contribution in [1.82, 2.24) is 0 Å². The Morgan fingerprint density at radius 1 is 0.464 bits per heavy atom. The van der Waals surface area contributed by atoms with Crippen molar-refractivity contribution in [3.05, 3.63) is 0 Å². The highest BCUT2D eigenvalue weighted by Crippen LogP contribution is 2.61. The van der Waals surface area contributed by atoms with Gasteiger partial charge in [-0.25, -0.2) is 0 Å². The van der Waals surface area contributed by atoms with E-state index in [1.54, 1.807) is 44.7 Å². The molecule has 0 aliphatic carbocycles. The highest BCUT2D eigenvalue weighted by Gasteiger charge is 2.37. The van der Waals surface area contributed by atoms with Gasteiger partial charge in [-0.05, 0) is 49.6 Å². The van der Waals surface area contributed by atoms with Crippen LogP contribution in [0.4, 0.5) is 0 Å². The number of hydrogen-bond acceptors (Lipinski definition) is 0. The summed E-state index contributed by atoms with van der Waals surface area (Å²) in [4.78, 5) is 0. The van der Waals surface area contributed by atoms with Crippen LogP contribution in [0.3, 0.4) is 0 Å². The predicted molar refractivity (Wildman–Crippen MR) is 131 cm³/mol. The minimum absolute atomic E-state index is 0.473. The largest absolute Gasteiger partial charge is 0.100 e. The SMILES string of the molecule is CCCCCCCCCCCCCCCCCCCCP1C2CCCC1CC2. The van der Waals surface area contributed by atoms with Crippen LogP contribution in [0.5, 0.6) is 0 Å². The molecule has 2 rings (SSSR count). The quantitative estimate of drug-likeness (QED) is 0.147. The van der Waals surface area contributed by atoms with Gasteiger partial charge in [-0.15, -0.1) is 7.92 Å². The lowest BCUT2D eigenvalue weighted by molar-refractivity contribution is 0.526. The fourth-order valence-electron chi connectivity index (χ4n) is 5.79. The molecule has 0 aromatic heterocycles. The van der Waals surface area contributed by atoms with Crippen molar-refractivity contribution in [3.8, 4) is 0 Å². The van der Waals surface area contributed by atoms with Gasteiger partial charge < -0.3 is 0 Å². The van der Waals surface area contributed by atoms with Gasteiger partial charge in [0, 0.05) is 0 Å². The van der Waals surface area contributed by atoms with E-state index < -0.39 is 0 Å². The minimum atomic E-state index is 0.473. The summed E-state index contributed by atoms with van der Waals surface area (Å²) in [5.74, 6) is 0. The van der Waals surface area contributed by atoms with Crippen molar-refractivity contribution in [2.24, 2.45) is 0 Å². The topological polar surface area (TPSA) is 0 Å². The molecule has 0 nitrogen and oxygen atoms in total. The lowest BCUT2D eigenvalue weighted by Gasteiger charge is -2.30. The van der Waals surface area contributed by atoms with Crippen molar-refractivity contribution in [2.45, 2.75) is 166 Å². The maximum Gasteiger partial charge on any atom is -0.0206 e. The molecule has 2 aliphatic heterocycles. The van der Waals surface area contributed by atoms with Crippen LogP contribution < -0.4 is 0 Å². The molecular weight excluding hydrogens is 355 g/mol. The third-order valence-corrected chi connectivity index (χ3v) is 11.4. The van der Waals surface area contributed by atoms with Gasteiger partial charge in [-0.2, -0.15) is 0 Å². The Kier molecular flexibility index (Phi) is 15.1. The first-order chi connectivity index (χ1) is 13.9. The Bertz CT molecular complexity index is 323. The molecule has 1 heteroatoms. The monoisotopic (exact) mass is 408 g/mol. The van der Waals surface area contributed by atoms with Gasteiger partial charge in [0.15, 0.2) is 0 Å². The fourth-order valence-corrected chi connectivity index (χ4v) is 9.69. The van der Waals surface area contributed by atoms with Crippen molar-refractivity contribution in [3.63, 3.8) is 0 Å². The highest BCUT2D eigenvalue weighted by atomic mass is 31.1. The van der Waals surface area contributed by atoms with Crippen LogP contribution in [0.25, 0.3) is 0 Å². The first kappa shape index (κ1) is 24.7. The van der Waals surface area contributed by atoms with E-state index in [4.69, 9.17) is 0 Å². The van der Waals surface area contributed by atoms with Crippen LogP contribution in [-0.4, -0.2) is 17.5 Å². The zero-order valence-electron chi connectivity index (χ0n) is 19.6. The molecule has 2 heterocycles. The van der Waals surface area contributed by atoms with Crippen LogP contribution in [0.2, 0.25) is 0 Å².